The van der Waals surface area contributed by atoms with Crippen molar-refractivity contribution in [3.05, 3.63) is 75.3 Å². The van der Waals surface area contributed by atoms with Gasteiger partial charge < -0.3 is 4.90 Å². The molecule has 2 aromatic carbocycles. The SMILES string of the molecule is CN(Cc1ccc(C(F)(F)F)cc1)C(=O)c1ccc2c(=O)n3c(nc2c1)CCC3. The van der Waals surface area contributed by atoms with Crippen molar-refractivity contribution in [2.24, 2.45) is 0 Å². The van der Waals surface area contributed by atoms with E-state index in [1.165, 1.54) is 17.0 Å². The van der Waals surface area contributed by atoms with Crippen molar-refractivity contribution >= 4 is 16.8 Å². The van der Waals surface area contributed by atoms with Gasteiger partial charge in [-0.15, -0.1) is 0 Å². The Morgan fingerprint density at radius 3 is 2.59 bits per heavy atom. The van der Waals surface area contributed by atoms with Crippen molar-refractivity contribution < 1.29 is 18.0 Å². The topological polar surface area (TPSA) is 55.2 Å². The Morgan fingerprint density at radius 2 is 1.90 bits per heavy atom. The monoisotopic (exact) mass is 401 g/mol. The number of amides is 1. The van der Waals surface area contributed by atoms with Gasteiger partial charge in [0.1, 0.15) is 5.82 Å². The molecule has 1 aliphatic rings. The van der Waals surface area contributed by atoms with E-state index in [0.29, 0.717) is 28.6 Å². The van der Waals surface area contributed by atoms with E-state index in [0.717, 1.165) is 30.8 Å². The summed E-state index contributed by atoms with van der Waals surface area (Å²) in [4.78, 5) is 31.2. The van der Waals surface area contributed by atoms with Gasteiger partial charge in [0, 0.05) is 32.1 Å². The zero-order valence-corrected chi connectivity index (χ0v) is 15.7. The van der Waals surface area contributed by atoms with Crippen LogP contribution in [0.1, 0.15) is 33.7 Å². The summed E-state index contributed by atoms with van der Waals surface area (Å²) in [5.74, 6) is 0.430. The molecular formula is C21H18F3N3O2. The van der Waals surface area contributed by atoms with E-state index >= 15 is 0 Å². The number of hydrogen-bond acceptors (Lipinski definition) is 3. The maximum atomic E-state index is 12.8. The largest absolute Gasteiger partial charge is 0.416 e. The summed E-state index contributed by atoms with van der Waals surface area (Å²) < 4.78 is 39.7. The second-order valence-corrected chi connectivity index (χ2v) is 7.18. The second kappa shape index (κ2) is 7.02. The Morgan fingerprint density at radius 1 is 1.17 bits per heavy atom. The Labute approximate surface area is 164 Å². The van der Waals surface area contributed by atoms with Crippen LogP contribution in [0.3, 0.4) is 0 Å². The van der Waals surface area contributed by atoms with Gasteiger partial charge in [-0.3, -0.25) is 14.2 Å². The number of aromatic nitrogens is 2. The zero-order chi connectivity index (χ0) is 20.8. The van der Waals surface area contributed by atoms with E-state index in [1.807, 2.05) is 0 Å². The molecule has 0 saturated heterocycles. The van der Waals surface area contributed by atoms with Gasteiger partial charge in [0.25, 0.3) is 11.5 Å². The third kappa shape index (κ3) is 3.62. The van der Waals surface area contributed by atoms with E-state index in [1.54, 1.807) is 29.8 Å². The third-order valence-electron chi connectivity index (χ3n) is 5.11. The number of benzene rings is 2. The van der Waals surface area contributed by atoms with Gasteiger partial charge in [-0.1, -0.05) is 12.1 Å². The number of hydrogen-bond donors (Lipinski definition) is 0. The molecule has 0 atom stereocenters. The summed E-state index contributed by atoms with van der Waals surface area (Å²) >= 11 is 0. The summed E-state index contributed by atoms with van der Waals surface area (Å²) in [7, 11) is 1.58. The standard InChI is InChI=1S/C21H18F3N3O2/c1-26(12-13-4-7-15(8-5-13)21(22,23)24)19(28)14-6-9-16-17(11-14)25-18-3-2-10-27(18)20(16)29/h4-9,11H,2-3,10,12H2,1H3. The van der Waals surface area contributed by atoms with Crippen LogP contribution in [0.5, 0.6) is 0 Å². The van der Waals surface area contributed by atoms with Crippen molar-refractivity contribution in [1.82, 2.24) is 14.5 Å². The normalized spacial score (nSPS) is 13.5. The first-order valence-corrected chi connectivity index (χ1v) is 9.19. The molecule has 2 heterocycles. The van der Waals surface area contributed by atoms with E-state index in [2.05, 4.69) is 4.98 Å². The molecule has 0 fully saturated rings. The molecule has 3 aromatic rings. The minimum atomic E-state index is -4.39. The van der Waals surface area contributed by atoms with Crippen LogP contribution < -0.4 is 5.56 Å². The molecule has 0 saturated carbocycles. The fourth-order valence-electron chi connectivity index (χ4n) is 3.58. The molecule has 0 unspecified atom stereocenters. The predicted octanol–water partition coefficient (Wildman–Crippen LogP) is 3.63. The molecule has 0 N–H and O–H groups in total. The fourth-order valence-corrected chi connectivity index (χ4v) is 3.58. The van der Waals surface area contributed by atoms with Crippen molar-refractivity contribution in [1.29, 1.82) is 0 Å². The highest BCUT2D eigenvalue weighted by Gasteiger charge is 2.30. The molecule has 0 radical (unpaired) electrons. The number of nitrogens with zero attached hydrogens (tertiary/aromatic N) is 3. The van der Waals surface area contributed by atoms with E-state index in [-0.39, 0.29) is 18.0 Å². The van der Waals surface area contributed by atoms with Gasteiger partial charge in [-0.2, -0.15) is 13.2 Å². The molecule has 1 aromatic heterocycles. The highest BCUT2D eigenvalue weighted by atomic mass is 19.4. The van der Waals surface area contributed by atoms with Gasteiger partial charge in [0.15, 0.2) is 0 Å². The number of fused-ring (bicyclic) bond motifs is 2. The average Bonchev–Trinajstić information content (AvgIpc) is 3.15. The van der Waals surface area contributed by atoms with Crippen LogP contribution in [-0.2, 0) is 25.7 Å². The fraction of sp³-hybridized carbons (Fsp3) is 0.286. The van der Waals surface area contributed by atoms with Gasteiger partial charge in [0.2, 0.25) is 0 Å². The van der Waals surface area contributed by atoms with E-state index in [9.17, 15) is 22.8 Å². The number of aryl methyl sites for hydroxylation is 1. The summed E-state index contributed by atoms with van der Waals surface area (Å²) in [5, 5.41) is 0.470. The summed E-state index contributed by atoms with van der Waals surface area (Å²) in [6.45, 7) is 0.822. The molecule has 150 valence electrons. The van der Waals surface area contributed by atoms with Crippen LogP contribution in [0.2, 0.25) is 0 Å². The first-order chi connectivity index (χ1) is 13.7. The Kier molecular flexibility index (Phi) is 4.64. The summed E-state index contributed by atoms with van der Waals surface area (Å²) in [6.07, 6.45) is -2.78. The third-order valence-corrected chi connectivity index (χ3v) is 5.11. The number of alkyl halides is 3. The quantitative estimate of drug-likeness (QED) is 0.674. The molecule has 29 heavy (non-hydrogen) atoms. The first kappa shape index (κ1) is 19.2. The summed E-state index contributed by atoms with van der Waals surface area (Å²) in [6, 6.07) is 9.51. The maximum absolute atomic E-state index is 12.8. The van der Waals surface area contributed by atoms with Crippen LogP contribution in [0.15, 0.2) is 47.3 Å². The van der Waals surface area contributed by atoms with Crippen molar-refractivity contribution in [2.75, 3.05) is 7.05 Å². The van der Waals surface area contributed by atoms with E-state index in [4.69, 9.17) is 0 Å². The molecule has 8 heteroatoms. The Bertz CT molecular complexity index is 1150. The minimum Gasteiger partial charge on any atom is -0.337 e. The van der Waals surface area contributed by atoms with Crippen molar-refractivity contribution in [3.8, 4) is 0 Å². The van der Waals surface area contributed by atoms with Crippen LogP contribution >= 0.6 is 0 Å². The van der Waals surface area contributed by atoms with Gasteiger partial charge in [0.05, 0.1) is 16.5 Å². The molecular weight excluding hydrogens is 383 g/mol. The lowest BCUT2D eigenvalue weighted by atomic mass is 10.1. The lowest BCUT2D eigenvalue weighted by Gasteiger charge is -2.18. The molecule has 0 bridgehead atoms. The molecule has 1 aliphatic heterocycles. The van der Waals surface area contributed by atoms with Crippen LogP contribution in [0.4, 0.5) is 13.2 Å². The van der Waals surface area contributed by atoms with Gasteiger partial charge in [-0.25, -0.2) is 4.98 Å². The van der Waals surface area contributed by atoms with Crippen LogP contribution in [0, 0.1) is 0 Å². The molecule has 5 nitrogen and oxygen atoms in total. The van der Waals surface area contributed by atoms with Crippen molar-refractivity contribution in [3.63, 3.8) is 0 Å². The minimum absolute atomic E-state index is 0.0976. The first-order valence-electron chi connectivity index (χ1n) is 9.19. The maximum Gasteiger partial charge on any atom is 0.416 e. The van der Waals surface area contributed by atoms with E-state index < -0.39 is 11.7 Å². The highest BCUT2D eigenvalue weighted by molar-refractivity contribution is 5.97. The number of carbonyl (C=O) groups excluding carboxylic acids is 1. The second-order valence-electron chi connectivity index (χ2n) is 7.18. The molecule has 0 aliphatic carbocycles. The van der Waals surface area contributed by atoms with Crippen LogP contribution in [0.25, 0.3) is 10.9 Å². The van der Waals surface area contributed by atoms with Gasteiger partial charge in [-0.05, 0) is 42.3 Å². The highest BCUT2D eigenvalue weighted by Crippen LogP contribution is 2.29. The smallest absolute Gasteiger partial charge is 0.337 e. The molecule has 0 spiro atoms. The Balaban J connectivity index is 1.56. The number of rotatable bonds is 3. The number of carbonyl (C=O) groups is 1. The lowest BCUT2D eigenvalue weighted by Crippen LogP contribution is -2.26. The molecule has 4 rings (SSSR count). The van der Waals surface area contributed by atoms with Gasteiger partial charge >= 0.3 is 6.18 Å². The molecule has 1 amide bonds. The summed E-state index contributed by atoms with van der Waals surface area (Å²) in [5.41, 5.74) is 0.622. The lowest BCUT2D eigenvalue weighted by molar-refractivity contribution is -0.137. The van der Waals surface area contributed by atoms with Crippen LogP contribution in [-0.4, -0.2) is 27.4 Å². The zero-order valence-electron chi connectivity index (χ0n) is 15.7. The van der Waals surface area contributed by atoms with Crippen molar-refractivity contribution in [2.45, 2.75) is 32.1 Å². The Hall–Kier alpha value is -3.16. The number of halogens is 3. The predicted molar refractivity (Wildman–Crippen MR) is 102 cm³/mol. The average molecular weight is 401 g/mol.